The summed E-state index contributed by atoms with van der Waals surface area (Å²) in [4.78, 5) is 3.96. The fourth-order valence-corrected chi connectivity index (χ4v) is 2.11. The van der Waals surface area contributed by atoms with Crippen molar-refractivity contribution in [3.8, 4) is 0 Å². The molecule has 17 heavy (non-hydrogen) atoms. The van der Waals surface area contributed by atoms with Gasteiger partial charge in [0.15, 0.2) is 0 Å². The van der Waals surface area contributed by atoms with Crippen LogP contribution in [-0.4, -0.2) is 4.98 Å². The number of nitrogens with one attached hydrogen (secondary N) is 1. The Hall–Kier alpha value is -0.810. The van der Waals surface area contributed by atoms with Gasteiger partial charge in [-0.1, -0.05) is 23.7 Å². The third-order valence-electron chi connectivity index (χ3n) is 2.48. The minimum Gasteiger partial charge on any atom is -0.378 e. The smallest absolute Gasteiger partial charge is 0.131 e. The molecule has 1 heterocycles. The molecule has 1 aromatic heterocycles. The van der Waals surface area contributed by atoms with Crippen molar-refractivity contribution in [3.63, 3.8) is 0 Å². The Bertz CT molecular complexity index is 499. The summed E-state index contributed by atoms with van der Waals surface area (Å²) in [6.07, 6.45) is 1.70. The summed E-state index contributed by atoms with van der Waals surface area (Å²) >= 11 is 8.14. The van der Waals surface area contributed by atoms with E-state index < -0.39 is 0 Å². The van der Waals surface area contributed by atoms with E-state index in [9.17, 15) is 0 Å². The van der Waals surface area contributed by atoms with Gasteiger partial charge in [0, 0.05) is 21.5 Å². The first-order valence-electron chi connectivity index (χ1n) is 5.29. The van der Waals surface area contributed by atoms with Crippen LogP contribution in [0.4, 0.5) is 5.69 Å². The molecule has 0 saturated heterocycles. The van der Waals surface area contributed by atoms with E-state index >= 15 is 0 Å². The first-order chi connectivity index (χ1) is 8.15. The largest absolute Gasteiger partial charge is 0.378 e. The second kappa shape index (κ2) is 5.69. The van der Waals surface area contributed by atoms with E-state index in [2.05, 4.69) is 64.1 Å². The molecule has 1 aromatic carbocycles. The van der Waals surface area contributed by atoms with Gasteiger partial charge in [0.2, 0.25) is 0 Å². The average molecular weight is 359 g/mol. The fraction of sp³-hybridized carbons (Fsp3) is 0.154. The molecule has 0 aliphatic carbocycles. The summed E-state index contributed by atoms with van der Waals surface area (Å²) in [5.41, 5.74) is 2.23. The van der Waals surface area contributed by atoms with E-state index in [1.165, 1.54) is 9.13 Å². The number of rotatable bonds is 3. The molecule has 88 valence electrons. The monoisotopic (exact) mass is 358 g/mol. The third kappa shape index (κ3) is 3.57. The van der Waals surface area contributed by atoms with Crippen LogP contribution in [0.3, 0.4) is 0 Å². The van der Waals surface area contributed by atoms with Crippen molar-refractivity contribution in [2.45, 2.75) is 13.0 Å². The summed E-state index contributed by atoms with van der Waals surface area (Å²) in [6.45, 7) is 2.12. The van der Waals surface area contributed by atoms with Crippen LogP contribution in [0.5, 0.6) is 0 Å². The topological polar surface area (TPSA) is 24.9 Å². The van der Waals surface area contributed by atoms with Crippen LogP contribution in [0.25, 0.3) is 0 Å². The summed E-state index contributed by atoms with van der Waals surface area (Å²) in [6, 6.07) is 12.4. The molecular formula is C13H12ClIN2. The van der Waals surface area contributed by atoms with Gasteiger partial charge in [-0.15, -0.1) is 0 Å². The molecule has 1 N–H and O–H groups in total. The molecule has 0 amide bonds. The number of pyridine rings is 1. The maximum absolute atomic E-state index is 5.84. The molecular weight excluding hydrogens is 347 g/mol. The van der Waals surface area contributed by atoms with E-state index in [0.717, 1.165) is 5.69 Å². The normalized spacial score (nSPS) is 12.2. The van der Waals surface area contributed by atoms with Crippen LogP contribution in [0.15, 0.2) is 42.6 Å². The van der Waals surface area contributed by atoms with Gasteiger partial charge in [0.25, 0.3) is 0 Å². The van der Waals surface area contributed by atoms with Gasteiger partial charge < -0.3 is 5.32 Å². The minimum atomic E-state index is 0.241. The highest BCUT2D eigenvalue weighted by Gasteiger charge is 2.05. The highest BCUT2D eigenvalue weighted by atomic mass is 127. The van der Waals surface area contributed by atoms with E-state index in [4.69, 9.17) is 11.6 Å². The maximum atomic E-state index is 5.84. The van der Waals surface area contributed by atoms with E-state index in [0.29, 0.717) is 5.15 Å². The summed E-state index contributed by atoms with van der Waals surface area (Å²) in [5, 5.41) is 3.90. The molecule has 0 spiro atoms. The lowest BCUT2D eigenvalue weighted by molar-refractivity contribution is 0.883. The van der Waals surface area contributed by atoms with Crippen LogP contribution < -0.4 is 5.32 Å². The van der Waals surface area contributed by atoms with Crippen molar-refractivity contribution in [2.75, 3.05) is 5.32 Å². The van der Waals surface area contributed by atoms with Crippen LogP contribution in [0.1, 0.15) is 18.5 Å². The lowest BCUT2D eigenvalue weighted by Gasteiger charge is -2.15. The Balaban J connectivity index is 2.11. The van der Waals surface area contributed by atoms with Crippen LogP contribution in [-0.2, 0) is 0 Å². The quantitative estimate of drug-likeness (QED) is 0.645. The van der Waals surface area contributed by atoms with Gasteiger partial charge in [0.05, 0.1) is 0 Å². The first-order valence-corrected chi connectivity index (χ1v) is 6.74. The lowest BCUT2D eigenvalue weighted by Crippen LogP contribution is -2.06. The molecule has 0 bridgehead atoms. The zero-order valence-corrected chi connectivity index (χ0v) is 12.2. The second-order valence-corrected chi connectivity index (χ2v) is 5.42. The van der Waals surface area contributed by atoms with E-state index in [1.807, 2.05) is 12.1 Å². The van der Waals surface area contributed by atoms with Gasteiger partial charge in [0.1, 0.15) is 5.15 Å². The fourth-order valence-electron chi connectivity index (χ4n) is 1.58. The van der Waals surface area contributed by atoms with Crippen LogP contribution in [0.2, 0.25) is 5.15 Å². The molecule has 2 rings (SSSR count). The maximum Gasteiger partial charge on any atom is 0.131 e. The summed E-state index contributed by atoms with van der Waals surface area (Å²) in [7, 11) is 0. The van der Waals surface area contributed by atoms with Crippen LogP contribution in [0, 0.1) is 3.57 Å². The molecule has 4 heteroatoms. The zero-order chi connectivity index (χ0) is 12.3. The van der Waals surface area contributed by atoms with Gasteiger partial charge in [-0.3, -0.25) is 0 Å². The number of hydrogen-bond acceptors (Lipinski definition) is 2. The molecule has 1 atom stereocenters. The molecule has 0 fully saturated rings. The predicted octanol–water partition coefficient (Wildman–Crippen LogP) is 4.51. The SMILES string of the molecule is CC(Nc1ccnc(Cl)c1)c1ccc(I)cc1. The average Bonchev–Trinajstić information content (AvgIpc) is 2.29. The van der Waals surface area contributed by atoms with Gasteiger partial charge >= 0.3 is 0 Å². The Morgan fingerprint density at radius 3 is 2.59 bits per heavy atom. The van der Waals surface area contributed by atoms with Crippen LogP contribution >= 0.6 is 34.2 Å². The zero-order valence-electron chi connectivity index (χ0n) is 9.32. The molecule has 0 radical (unpaired) electrons. The number of nitrogens with zero attached hydrogens (tertiary/aromatic N) is 1. The number of halogens is 2. The Kier molecular flexibility index (Phi) is 4.23. The predicted molar refractivity (Wildman–Crippen MR) is 80.4 cm³/mol. The molecule has 0 aliphatic rings. The molecule has 1 unspecified atom stereocenters. The highest BCUT2D eigenvalue weighted by molar-refractivity contribution is 14.1. The van der Waals surface area contributed by atoms with Crippen molar-refractivity contribution in [1.82, 2.24) is 4.98 Å². The highest BCUT2D eigenvalue weighted by Crippen LogP contribution is 2.21. The number of benzene rings is 1. The van der Waals surface area contributed by atoms with E-state index in [1.54, 1.807) is 6.20 Å². The van der Waals surface area contributed by atoms with Gasteiger partial charge in [-0.2, -0.15) is 0 Å². The van der Waals surface area contributed by atoms with Gasteiger partial charge in [-0.25, -0.2) is 4.98 Å². The number of aromatic nitrogens is 1. The minimum absolute atomic E-state index is 0.241. The Morgan fingerprint density at radius 2 is 1.94 bits per heavy atom. The van der Waals surface area contributed by atoms with Crippen molar-refractivity contribution in [3.05, 3.63) is 56.9 Å². The Morgan fingerprint density at radius 1 is 1.24 bits per heavy atom. The third-order valence-corrected chi connectivity index (χ3v) is 3.41. The number of anilines is 1. The van der Waals surface area contributed by atoms with Crippen molar-refractivity contribution < 1.29 is 0 Å². The van der Waals surface area contributed by atoms with Crippen molar-refractivity contribution >= 4 is 39.9 Å². The standard InChI is InChI=1S/C13H12ClIN2/c1-9(10-2-4-11(15)5-3-10)17-12-6-7-16-13(14)8-12/h2-9H,1H3,(H,16,17). The van der Waals surface area contributed by atoms with E-state index in [-0.39, 0.29) is 6.04 Å². The van der Waals surface area contributed by atoms with Crippen molar-refractivity contribution in [1.29, 1.82) is 0 Å². The summed E-state index contributed by atoms with van der Waals surface area (Å²) < 4.78 is 1.24. The molecule has 2 aromatic rings. The van der Waals surface area contributed by atoms with Crippen molar-refractivity contribution in [2.24, 2.45) is 0 Å². The Labute approximate surface area is 120 Å². The second-order valence-electron chi connectivity index (χ2n) is 3.78. The lowest BCUT2D eigenvalue weighted by atomic mass is 10.1. The molecule has 2 nitrogen and oxygen atoms in total. The van der Waals surface area contributed by atoms with Gasteiger partial charge in [-0.05, 0) is 59.3 Å². The molecule has 0 saturated carbocycles. The molecule has 0 aliphatic heterocycles. The summed E-state index contributed by atoms with van der Waals surface area (Å²) in [5.74, 6) is 0. The number of hydrogen-bond donors (Lipinski definition) is 1. The first kappa shape index (κ1) is 12.6.